The number of carbonyl (C=O) groups is 3. The van der Waals surface area contributed by atoms with Crippen molar-refractivity contribution in [3.05, 3.63) is 40.8 Å². The lowest BCUT2D eigenvalue weighted by atomic mass is 9.97. The van der Waals surface area contributed by atoms with Crippen molar-refractivity contribution < 1.29 is 33.3 Å². The highest BCUT2D eigenvalue weighted by Gasteiger charge is 2.50. The Hall–Kier alpha value is -2.75. The number of benzene rings is 1. The second kappa shape index (κ2) is 10.7. The smallest absolute Gasteiger partial charge is 0.303 e. The fourth-order valence-corrected chi connectivity index (χ4v) is 3.93. The van der Waals surface area contributed by atoms with Crippen LogP contribution in [0.15, 0.2) is 40.3 Å². The molecule has 156 valence electrons. The van der Waals surface area contributed by atoms with Gasteiger partial charge in [0.15, 0.2) is 0 Å². The molecule has 2 rings (SSSR count). The summed E-state index contributed by atoms with van der Waals surface area (Å²) in [6, 6.07) is 8.09. The predicted molar refractivity (Wildman–Crippen MR) is 102 cm³/mol. The van der Waals surface area contributed by atoms with Crippen LogP contribution in [0.3, 0.4) is 0 Å². The lowest BCUT2D eigenvalue weighted by molar-refractivity contribution is -0.201. The molecular formula is C18H21N3O7S. The van der Waals surface area contributed by atoms with Crippen LogP contribution in [0.4, 0.5) is 0 Å². The molecule has 0 amide bonds. The molecule has 29 heavy (non-hydrogen) atoms. The summed E-state index contributed by atoms with van der Waals surface area (Å²) in [4.78, 5) is 38.2. The summed E-state index contributed by atoms with van der Waals surface area (Å²) in [6.45, 7) is 3.39. The maximum absolute atomic E-state index is 11.7. The van der Waals surface area contributed by atoms with Gasteiger partial charge in [-0.3, -0.25) is 14.4 Å². The molecule has 1 aromatic rings. The van der Waals surface area contributed by atoms with E-state index in [1.165, 1.54) is 32.5 Å². The van der Waals surface area contributed by atoms with E-state index in [4.69, 9.17) is 24.5 Å². The van der Waals surface area contributed by atoms with Gasteiger partial charge in [-0.25, -0.2) is 0 Å². The van der Waals surface area contributed by atoms with Gasteiger partial charge in [0.05, 0.1) is 0 Å². The van der Waals surface area contributed by atoms with E-state index in [0.29, 0.717) is 0 Å². The number of esters is 3. The summed E-state index contributed by atoms with van der Waals surface area (Å²) in [7, 11) is 0. The topological polar surface area (TPSA) is 137 Å². The minimum Gasteiger partial charge on any atom is -0.463 e. The van der Waals surface area contributed by atoms with Crippen LogP contribution >= 0.6 is 11.8 Å². The van der Waals surface area contributed by atoms with E-state index in [-0.39, 0.29) is 6.61 Å². The van der Waals surface area contributed by atoms with Crippen molar-refractivity contribution in [2.75, 3.05) is 6.61 Å². The zero-order chi connectivity index (χ0) is 21.4. The van der Waals surface area contributed by atoms with Crippen molar-refractivity contribution in [1.29, 1.82) is 0 Å². The molecule has 0 bridgehead atoms. The Labute approximate surface area is 171 Å². The van der Waals surface area contributed by atoms with Gasteiger partial charge in [0, 0.05) is 30.6 Å². The molecule has 5 atom stereocenters. The zero-order valence-electron chi connectivity index (χ0n) is 16.1. The summed E-state index contributed by atoms with van der Waals surface area (Å²) >= 11 is 1.24. The molecule has 1 aliphatic rings. The SMILES string of the molecule is CC(=O)OCC1O[C@@H](Sc2ccccc2)C(OC(C)=O)C(N=[N+]=[N-])[C@H]1OC(C)=O. The second-order valence-electron chi connectivity index (χ2n) is 6.12. The second-order valence-corrected chi connectivity index (χ2v) is 7.29. The lowest BCUT2D eigenvalue weighted by Gasteiger charge is -2.43. The summed E-state index contributed by atoms with van der Waals surface area (Å²) in [5, 5.41) is 3.71. The molecular weight excluding hydrogens is 402 g/mol. The van der Waals surface area contributed by atoms with Gasteiger partial charge < -0.3 is 18.9 Å². The first-order chi connectivity index (χ1) is 13.8. The number of hydrogen-bond acceptors (Lipinski definition) is 9. The molecule has 3 unspecified atom stereocenters. The van der Waals surface area contributed by atoms with Gasteiger partial charge in [0.1, 0.15) is 36.4 Å². The first-order valence-corrected chi connectivity index (χ1v) is 9.59. The summed E-state index contributed by atoms with van der Waals surface area (Å²) in [6.07, 6.45) is -3.07. The van der Waals surface area contributed by atoms with Crippen LogP contribution in [0.2, 0.25) is 0 Å². The van der Waals surface area contributed by atoms with Crippen molar-refractivity contribution in [3.63, 3.8) is 0 Å². The van der Waals surface area contributed by atoms with Crippen LogP contribution in [0, 0.1) is 0 Å². The Morgan fingerprint density at radius 2 is 1.69 bits per heavy atom. The molecule has 1 aromatic carbocycles. The standard InChI is InChI=1S/C18H21N3O7S/c1-10(22)25-9-14-16(26-11(2)23)15(20-21-19)17(27-12(3)24)18(28-14)29-13-7-5-4-6-8-13/h4-8,14-18H,9H2,1-3H3/t14?,15?,16-,17?,18-/m0/s1. The van der Waals surface area contributed by atoms with E-state index in [9.17, 15) is 14.4 Å². The summed E-state index contributed by atoms with van der Waals surface area (Å²) < 4.78 is 21.7. The Bertz CT molecular complexity index is 785. The Kier molecular flexibility index (Phi) is 8.32. The first kappa shape index (κ1) is 22.5. The quantitative estimate of drug-likeness (QED) is 0.214. The average Bonchev–Trinajstić information content (AvgIpc) is 2.65. The van der Waals surface area contributed by atoms with E-state index < -0.39 is 47.7 Å². The number of nitrogens with zero attached hydrogens (tertiary/aromatic N) is 3. The summed E-state index contributed by atoms with van der Waals surface area (Å²) in [5.74, 6) is -1.82. The summed E-state index contributed by atoms with van der Waals surface area (Å²) in [5.41, 5.74) is 8.25. The molecule has 0 aliphatic carbocycles. The van der Waals surface area contributed by atoms with E-state index >= 15 is 0 Å². The van der Waals surface area contributed by atoms with Crippen LogP contribution in [-0.4, -0.2) is 54.3 Å². The lowest BCUT2D eigenvalue weighted by Crippen LogP contribution is -2.59. The fourth-order valence-electron chi connectivity index (χ4n) is 2.80. The Morgan fingerprint density at radius 1 is 1.07 bits per heavy atom. The van der Waals surface area contributed by atoms with Gasteiger partial charge in [0.2, 0.25) is 0 Å². The zero-order valence-corrected chi connectivity index (χ0v) is 16.9. The predicted octanol–water partition coefficient (Wildman–Crippen LogP) is 2.61. The monoisotopic (exact) mass is 423 g/mol. The Balaban J connectivity index is 2.41. The highest BCUT2D eigenvalue weighted by molar-refractivity contribution is 7.99. The van der Waals surface area contributed by atoms with E-state index in [1.54, 1.807) is 0 Å². The van der Waals surface area contributed by atoms with Crippen molar-refractivity contribution in [3.8, 4) is 0 Å². The highest BCUT2D eigenvalue weighted by Crippen LogP contribution is 2.37. The van der Waals surface area contributed by atoms with Crippen molar-refractivity contribution in [2.45, 2.75) is 55.5 Å². The maximum Gasteiger partial charge on any atom is 0.303 e. The van der Waals surface area contributed by atoms with Crippen molar-refractivity contribution in [2.24, 2.45) is 5.11 Å². The maximum atomic E-state index is 11.7. The number of rotatable bonds is 7. The molecule has 0 N–H and O–H groups in total. The number of ether oxygens (including phenoxy) is 4. The fraction of sp³-hybridized carbons (Fsp3) is 0.500. The Morgan fingerprint density at radius 3 is 2.24 bits per heavy atom. The minimum atomic E-state index is -1.11. The molecule has 0 aromatic heterocycles. The number of azide groups is 1. The molecule has 0 saturated carbocycles. The first-order valence-electron chi connectivity index (χ1n) is 8.71. The van der Waals surface area contributed by atoms with Gasteiger partial charge >= 0.3 is 17.9 Å². The van der Waals surface area contributed by atoms with Crippen LogP contribution < -0.4 is 0 Å². The van der Waals surface area contributed by atoms with Crippen molar-refractivity contribution in [1.82, 2.24) is 0 Å². The third-order valence-corrected chi connectivity index (χ3v) is 5.01. The van der Waals surface area contributed by atoms with E-state index in [1.807, 2.05) is 30.3 Å². The molecule has 1 fully saturated rings. The third kappa shape index (κ3) is 6.67. The van der Waals surface area contributed by atoms with Gasteiger partial charge in [-0.1, -0.05) is 35.1 Å². The van der Waals surface area contributed by atoms with Crippen LogP contribution in [0.5, 0.6) is 0 Å². The largest absolute Gasteiger partial charge is 0.463 e. The number of hydrogen-bond donors (Lipinski definition) is 0. The van der Waals surface area contributed by atoms with E-state index in [0.717, 1.165) is 4.90 Å². The van der Waals surface area contributed by atoms with Gasteiger partial charge in [-0.05, 0) is 17.7 Å². The van der Waals surface area contributed by atoms with Crippen LogP contribution in [-0.2, 0) is 33.3 Å². The van der Waals surface area contributed by atoms with Gasteiger partial charge in [-0.15, -0.1) is 0 Å². The van der Waals surface area contributed by atoms with Crippen LogP contribution in [0.1, 0.15) is 20.8 Å². The normalized spacial score (nSPS) is 26.0. The molecule has 10 nitrogen and oxygen atoms in total. The molecule has 1 saturated heterocycles. The minimum absolute atomic E-state index is 0.233. The molecule has 0 radical (unpaired) electrons. The molecule has 11 heteroatoms. The highest BCUT2D eigenvalue weighted by atomic mass is 32.2. The molecule has 1 aliphatic heterocycles. The number of thioether (sulfide) groups is 1. The molecule has 1 heterocycles. The van der Waals surface area contributed by atoms with Crippen LogP contribution in [0.25, 0.3) is 10.4 Å². The third-order valence-electron chi connectivity index (χ3n) is 3.85. The molecule has 0 spiro atoms. The van der Waals surface area contributed by atoms with Gasteiger partial charge in [-0.2, -0.15) is 0 Å². The number of carbonyl (C=O) groups excluding carboxylic acids is 3. The average molecular weight is 423 g/mol. The van der Waals surface area contributed by atoms with Gasteiger partial charge in [0.25, 0.3) is 0 Å². The van der Waals surface area contributed by atoms with E-state index in [2.05, 4.69) is 10.0 Å². The van der Waals surface area contributed by atoms with Crippen molar-refractivity contribution >= 4 is 29.7 Å².